The largest absolute Gasteiger partial charge is 0.449 e. The van der Waals surface area contributed by atoms with Crippen molar-refractivity contribution in [1.82, 2.24) is 4.90 Å². The first kappa shape index (κ1) is 16.2. The minimum absolute atomic E-state index is 0.0384. The number of nitrogens with zero attached hydrogens (tertiary/aromatic N) is 2. The molecule has 0 unspecified atom stereocenters. The van der Waals surface area contributed by atoms with Crippen LogP contribution in [-0.2, 0) is 9.53 Å². The van der Waals surface area contributed by atoms with Gasteiger partial charge in [-0.3, -0.25) is 14.9 Å². The lowest BCUT2D eigenvalue weighted by Gasteiger charge is -2.20. The summed E-state index contributed by atoms with van der Waals surface area (Å²) in [6.07, 6.45) is 0.910. The number of ether oxygens (including phenoxy) is 1. The van der Waals surface area contributed by atoms with E-state index in [4.69, 9.17) is 16.3 Å². The average molecular weight is 327 g/mol. The molecule has 0 aromatic heterocycles. The van der Waals surface area contributed by atoms with Gasteiger partial charge in [-0.25, -0.2) is 4.79 Å². The van der Waals surface area contributed by atoms with E-state index in [-0.39, 0.29) is 22.2 Å². The number of esters is 1. The van der Waals surface area contributed by atoms with Gasteiger partial charge in [-0.1, -0.05) is 11.6 Å². The molecule has 22 heavy (non-hydrogen) atoms. The van der Waals surface area contributed by atoms with Crippen molar-refractivity contribution < 1.29 is 19.2 Å². The summed E-state index contributed by atoms with van der Waals surface area (Å²) in [5.74, 6) is -1.12. The number of rotatable bonds is 4. The normalized spacial score (nSPS) is 15.5. The summed E-state index contributed by atoms with van der Waals surface area (Å²) < 4.78 is 5.09. The Hall–Kier alpha value is -2.15. The molecular formula is C14H15ClN2O5. The van der Waals surface area contributed by atoms with E-state index in [0.29, 0.717) is 13.1 Å². The monoisotopic (exact) mass is 326 g/mol. The van der Waals surface area contributed by atoms with Gasteiger partial charge in [0, 0.05) is 25.2 Å². The summed E-state index contributed by atoms with van der Waals surface area (Å²) in [5.41, 5.74) is -0.396. The van der Waals surface area contributed by atoms with Gasteiger partial charge in [0.15, 0.2) is 6.10 Å². The first-order valence-corrected chi connectivity index (χ1v) is 7.21. The van der Waals surface area contributed by atoms with E-state index < -0.39 is 17.0 Å². The Morgan fingerprint density at radius 1 is 1.36 bits per heavy atom. The van der Waals surface area contributed by atoms with E-state index in [9.17, 15) is 19.7 Å². The molecule has 0 spiro atoms. The van der Waals surface area contributed by atoms with Crippen molar-refractivity contribution in [3.63, 3.8) is 0 Å². The Morgan fingerprint density at radius 2 is 2.00 bits per heavy atom. The highest BCUT2D eigenvalue weighted by Gasteiger charge is 2.27. The molecule has 1 saturated heterocycles. The van der Waals surface area contributed by atoms with Crippen molar-refractivity contribution in [3.8, 4) is 0 Å². The zero-order valence-corrected chi connectivity index (χ0v) is 12.7. The highest BCUT2D eigenvalue weighted by Crippen LogP contribution is 2.23. The third-order valence-electron chi connectivity index (χ3n) is 3.43. The molecule has 1 heterocycles. The second-order valence-corrected chi connectivity index (χ2v) is 5.41. The Balaban J connectivity index is 2.09. The second-order valence-electron chi connectivity index (χ2n) is 5.00. The first-order chi connectivity index (χ1) is 10.4. The molecule has 1 aliphatic rings. The van der Waals surface area contributed by atoms with Gasteiger partial charge in [0.25, 0.3) is 11.6 Å². The zero-order chi connectivity index (χ0) is 16.3. The second kappa shape index (κ2) is 6.74. The predicted octanol–water partition coefficient (Wildman–Crippen LogP) is 2.42. The summed E-state index contributed by atoms with van der Waals surface area (Å²) in [5, 5.41) is 10.8. The minimum atomic E-state index is -0.957. The van der Waals surface area contributed by atoms with E-state index in [2.05, 4.69) is 0 Å². The lowest BCUT2D eigenvalue weighted by Crippen LogP contribution is -2.38. The fraction of sp³-hybridized carbons (Fsp3) is 0.429. The van der Waals surface area contributed by atoms with E-state index >= 15 is 0 Å². The Bertz CT molecular complexity index is 613. The maximum atomic E-state index is 12.1. The van der Waals surface area contributed by atoms with Gasteiger partial charge in [0.05, 0.1) is 15.5 Å². The number of benzene rings is 1. The fourth-order valence-corrected chi connectivity index (χ4v) is 2.45. The zero-order valence-electron chi connectivity index (χ0n) is 12.0. The molecule has 7 nitrogen and oxygen atoms in total. The molecule has 0 bridgehead atoms. The summed E-state index contributed by atoms with van der Waals surface area (Å²) >= 11 is 5.87. The summed E-state index contributed by atoms with van der Waals surface area (Å²) in [6.45, 7) is 2.78. The number of nitro benzene ring substituents is 1. The number of amides is 1. The van der Waals surface area contributed by atoms with E-state index in [1.165, 1.54) is 19.1 Å². The van der Waals surface area contributed by atoms with Crippen LogP contribution in [0.2, 0.25) is 5.02 Å². The van der Waals surface area contributed by atoms with Gasteiger partial charge in [-0.15, -0.1) is 0 Å². The Morgan fingerprint density at radius 3 is 2.59 bits per heavy atom. The van der Waals surface area contributed by atoms with E-state index in [0.717, 1.165) is 18.9 Å². The predicted molar refractivity (Wildman–Crippen MR) is 78.8 cm³/mol. The topological polar surface area (TPSA) is 89.7 Å². The van der Waals surface area contributed by atoms with Gasteiger partial charge >= 0.3 is 5.97 Å². The van der Waals surface area contributed by atoms with Crippen LogP contribution in [0.4, 0.5) is 5.69 Å². The highest BCUT2D eigenvalue weighted by molar-refractivity contribution is 6.33. The number of halogens is 1. The van der Waals surface area contributed by atoms with Crippen LogP contribution in [0.3, 0.4) is 0 Å². The van der Waals surface area contributed by atoms with Crippen LogP contribution in [0.1, 0.15) is 30.1 Å². The number of likely N-dealkylation sites (tertiary alicyclic amines) is 1. The smallest absolute Gasteiger partial charge is 0.340 e. The van der Waals surface area contributed by atoms with Crippen LogP contribution in [0.15, 0.2) is 18.2 Å². The Kier molecular flexibility index (Phi) is 4.97. The molecule has 0 saturated carbocycles. The van der Waals surface area contributed by atoms with Crippen LogP contribution in [0.5, 0.6) is 0 Å². The van der Waals surface area contributed by atoms with Crippen LogP contribution < -0.4 is 0 Å². The molecule has 0 N–H and O–H groups in total. The average Bonchev–Trinajstić information content (AvgIpc) is 3.00. The number of nitro groups is 1. The fourth-order valence-electron chi connectivity index (χ4n) is 2.25. The lowest BCUT2D eigenvalue weighted by atomic mass is 10.2. The molecule has 1 atom stereocenters. The third-order valence-corrected chi connectivity index (χ3v) is 3.76. The number of non-ortho nitro benzene ring substituents is 1. The maximum Gasteiger partial charge on any atom is 0.340 e. The van der Waals surface area contributed by atoms with Crippen molar-refractivity contribution in [2.45, 2.75) is 25.9 Å². The van der Waals surface area contributed by atoms with Gasteiger partial charge in [0.1, 0.15) is 0 Å². The molecule has 0 aliphatic carbocycles. The molecule has 0 radical (unpaired) electrons. The molecule has 1 fully saturated rings. The lowest BCUT2D eigenvalue weighted by molar-refractivity contribution is -0.384. The summed E-state index contributed by atoms with van der Waals surface area (Å²) in [4.78, 5) is 35.9. The molecule has 1 aromatic rings. The van der Waals surface area contributed by atoms with Crippen molar-refractivity contribution in [1.29, 1.82) is 0 Å². The van der Waals surface area contributed by atoms with Crippen molar-refractivity contribution in [3.05, 3.63) is 38.9 Å². The minimum Gasteiger partial charge on any atom is -0.449 e. The molecular weight excluding hydrogens is 312 g/mol. The van der Waals surface area contributed by atoms with Gasteiger partial charge in [0.2, 0.25) is 0 Å². The maximum absolute atomic E-state index is 12.1. The van der Waals surface area contributed by atoms with Gasteiger partial charge in [-0.2, -0.15) is 0 Å². The standard InChI is InChI=1S/C14H15ClN2O5/c1-9(13(18)16-6-2-3-7-16)22-14(19)11-8-10(17(20)21)4-5-12(11)15/h4-5,8-9H,2-3,6-7H2,1H3/t9-/m1/s1. The van der Waals surface area contributed by atoms with Gasteiger partial charge in [-0.05, 0) is 25.8 Å². The number of hydrogen-bond acceptors (Lipinski definition) is 5. The highest BCUT2D eigenvalue weighted by atomic mass is 35.5. The molecule has 1 aromatic carbocycles. The van der Waals surface area contributed by atoms with Crippen LogP contribution >= 0.6 is 11.6 Å². The van der Waals surface area contributed by atoms with Crippen LogP contribution in [-0.4, -0.2) is 40.9 Å². The SMILES string of the molecule is C[C@@H](OC(=O)c1cc([N+](=O)[O-])ccc1Cl)C(=O)N1CCCC1. The van der Waals surface area contributed by atoms with Crippen LogP contribution in [0, 0.1) is 10.1 Å². The number of hydrogen-bond donors (Lipinski definition) is 0. The van der Waals surface area contributed by atoms with Crippen LogP contribution in [0.25, 0.3) is 0 Å². The molecule has 8 heteroatoms. The van der Waals surface area contributed by atoms with Crippen molar-refractivity contribution in [2.75, 3.05) is 13.1 Å². The number of carbonyl (C=O) groups is 2. The Labute approximate surface area is 131 Å². The first-order valence-electron chi connectivity index (χ1n) is 6.84. The molecule has 1 aliphatic heterocycles. The summed E-state index contributed by atoms with van der Waals surface area (Å²) in [7, 11) is 0. The number of carbonyl (C=O) groups excluding carboxylic acids is 2. The molecule has 2 rings (SSSR count). The van der Waals surface area contributed by atoms with E-state index in [1.807, 2.05) is 0 Å². The molecule has 1 amide bonds. The summed E-state index contributed by atoms with van der Waals surface area (Å²) in [6, 6.07) is 3.49. The third kappa shape index (κ3) is 3.54. The van der Waals surface area contributed by atoms with Crippen molar-refractivity contribution in [2.24, 2.45) is 0 Å². The van der Waals surface area contributed by atoms with Gasteiger partial charge < -0.3 is 9.64 Å². The van der Waals surface area contributed by atoms with E-state index in [1.54, 1.807) is 4.90 Å². The quantitative estimate of drug-likeness (QED) is 0.481. The molecule has 118 valence electrons. The van der Waals surface area contributed by atoms with Crippen molar-refractivity contribution >= 4 is 29.2 Å².